The molecule has 4 N–H and O–H groups in total. The van der Waals surface area contributed by atoms with Crippen LogP contribution >= 0.6 is 24.4 Å². The average molecular weight is 375 g/mol. The lowest BCUT2D eigenvalue weighted by molar-refractivity contribution is 0.144. The van der Waals surface area contributed by atoms with Gasteiger partial charge in [-0.05, 0) is 48.7 Å². The highest BCUT2D eigenvalue weighted by molar-refractivity contribution is 7.80. The predicted octanol–water partition coefficient (Wildman–Crippen LogP) is 2.98. The lowest BCUT2D eigenvalue weighted by Crippen LogP contribution is -2.33. The zero-order valence-electron chi connectivity index (χ0n) is 13.8. The topological polar surface area (TPSA) is 57.4 Å². The first kappa shape index (κ1) is 19.1. The van der Waals surface area contributed by atoms with Crippen molar-refractivity contribution in [2.24, 2.45) is 0 Å². The highest BCUT2D eigenvalue weighted by Crippen LogP contribution is 2.04. The van der Waals surface area contributed by atoms with E-state index in [1.165, 1.54) is 0 Å². The van der Waals surface area contributed by atoms with Gasteiger partial charge in [0, 0.05) is 24.5 Å². The summed E-state index contributed by atoms with van der Waals surface area (Å²) in [6.07, 6.45) is 0. The van der Waals surface area contributed by atoms with E-state index in [0.717, 1.165) is 11.4 Å². The van der Waals surface area contributed by atoms with Crippen LogP contribution in [-0.4, -0.2) is 36.5 Å². The zero-order chi connectivity index (χ0) is 17.7. The Hall–Kier alpha value is -2.22. The smallest absolute Gasteiger partial charge is 0.170 e. The van der Waals surface area contributed by atoms with Gasteiger partial charge >= 0.3 is 0 Å². The van der Waals surface area contributed by atoms with Gasteiger partial charge in [0.15, 0.2) is 10.2 Å². The number of hydrogen-bond acceptors (Lipinski definition) is 3. The second-order valence-electron chi connectivity index (χ2n) is 5.11. The first-order valence-electron chi connectivity index (χ1n) is 8.01. The molecule has 132 valence electrons. The summed E-state index contributed by atoms with van der Waals surface area (Å²) in [6, 6.07) is 19.6. The van der Waals surface area contributed by atoms with Crippen molar-refractivity contribution in [2.75, 3.05) is 36.9 Å². The maximum atomic E-state index is 5.54. The third kappa shape index (κ3) is 8.44. The third-order valence-electron chi connectivity index (χ3n) is 3.13. The molecule has 0 aliphatic carbocycles. The third-order valence-corrected chi connectivity index (χ3v) is 3.62. The van der Waals surface area contributed by atoms with Gasteiger partial charge in [-0.15, -0.1) is 0 Å². The fraction of sp³-hybridized carbons (Fsp3) is 0.222. The van der Waals surface area contributed by atoms with E-state index in [4.69, 9.17) is 29.2 Å². The van der Waals surface area contributed by atoms with Gasteiger partial charge < -0.3 is 26.0 Å². The Labute approximate surface area is 159 Å². The van der Waals surface area contributed by atoms with E-state index in [9.17, 15) is 0 Å². The van der Waals surface area contributed by atoms with Crippen molar-refractivity contribution in [3.05, 3.63) is 60.7 Å². The van der Waals surface area contributed by atoms with Crippen molar-refractivity contribution >= 4 is 46.0 Å². The number of para-hydroxylation sites is 2. The largest absolute Gasteiger partial charge is 0.378 e. The second-order valence-corrected chi connectivity index (χ2v) is 5.92. The number of thiocarbonyl (C=S) groups is 2. The van der Waals surface area contributed by atoms with Crippen LogP contribution < -0.4 is 21.3 Å². The molecule has 0 fully saturated rings. The summed E-state index contributed by atoms with van der Waals surface area (Å²) in [5.41, 5.74) is 1.93. The van der Waals surface area contributed by atoms with Gasteiger partial charge in [0.25, 0.3) is 0 Å². The fourth-order valence-corrected chi connectivity index (χ4v) is 2.41. The van der Waals surface area contributed by atoms with E-state index >= 15 is 0 Å². The Balaban J connectivity index is 1.46. The maximum absolute atomic E-state index is 5.54. The molecule has 0 atom stereocenters. The first-order chi connectivity index (χ1) is 12.2. The summed E-state index contributed by atoms with van der Waals surface area (Å²) in [5.74, 6) is 0. The van der Waals surface area contributed by atoms with Gasteiger partial charge in [0.2, 0.25) is 0 Å². The minimum Gasteiger partial charge on any atom is -0.378 e. The fourth-order valence-electron chi connectivity index (χ4n) is 1.97. The predicted molar refractivity (Wildman–Crippen MR) is 112 cm³/mol. The summed E-state index contributed by atoms with van der Waals surface area (Å²) in [4.78, 5) is 0. The van der Waals surface area contributed by atoms with Gasteiger partial charge in [-0.1, -0.05) is 36.4 Å². The monoisotopic (exact) mass is 374 g/mol. The number of hydrogen-bond donors (Lipinski definition) is 4. The number of benzene rings is 2. The normalized spacial score (nSPS) is 9.92. The highest BCUT2D eigenvalue weighted by atomic mass is 32.1. The maximum Gasteiger partial charge on any atom is 0.170 e. The first-order valence-corrected chi connectivity index (χ1v) is 8.83. The van der Waals surface area contributed by atoms with Crippen LogP contribution in [0.5, 0.6) is 0 Å². The molecule has 5 nitrogen and oxygen atoms in total. The van der Waals surface area contributed by atoms with Gasteiger partial charge in [-0.3, -0.25) is 0 Å². The van der Waals surface area contributed by atoms with E-state index in [0.29, 0.717) is 36.5 Å². The van der Waals surface area contributed by atoms with Crippen molar-refractivity contribution < 1.29 is 4.74 Å². The van der Waals surface area contributed by atoms with Gasteiger partial charge in [-0.2, -0.15) is 0 Å². The Morgan fingerprint density at radius 1 is 0.680 bits per heavy atom. The summed E-state index contributed by atoms with van der Waals surface area (Å²) in [7, 11) is 0. The van der Waals surface area contributed by atoms with Crippen LogP contribution in [0, 0.1) is 0 Å². The molecule has 0 radical (unpaired) electrons. The van der Waals surface area contributed by atoms with Crippen LogP contribution in [0.2, 0.25) is 0 Å². The van der Waals surface area contributed by atoms with Crippen LogP contribution in [0.1, 0.15) is 0 Å². The molecule has 0 saturated heterocycles. The molecule has 0 aliphatic rings. The Kier molecular flexibility index (Phi) is 8.68. The molecule has 0 bridgehead atoms. The lowest BCUT2D eigenvalue weighted by Gasteiger charge is -2.12. The number of anilines is 2. The molecule has 2 aromatic rings. The molecule has 2 aromatic carbocycles. The van der Waals surface area contributed by atoms with Crippen molar-refractivity contribution in [3.63, 3.8) is 0 Å². The second kappa shape index (κ2) is 11.4. The average Bonchev–Trinajstić information content (AvgIpc) is 2.62. The van der Waals surface area contributed by atoms with E-state index < -0.39 is 0 Å². The number of ether oxygens (including phenoxy) is 1. The molecule has 0 unspecified atom stereocenters. The molecular weight excluding hydrogens is 352 g/mol. The van der Waals surface area contributed by atoms with E-state index in [2.05, 4.69) is 21.3 Å². The number of nitrogens with one attached hydrogen (secondary N) is 4. The molecule has 0 amide bonds. The lowest BCUT2D eigenvalue weighted by atomic mass is 10.3. The van der Waals surface area contributed by atoms with E-state index in [-0.39, 0.29) is 0 Å². The standard InChI is InChI=1S/C18H22N4OS2/c24-17(21-15-7-3-1-4-8-15)19-11-13-23-14-12-20-18(25)22-16-9-5-2-6-10-16/h1-10H,11-14H2,(H2,19,21,24)(H2,20,22,25). The SMILES string of the molecule is S=C(NCCOCCNC(=S)Nc1ccccc1)Nc1ccccc1. The van der Waals surface area contributed by atoms with Crippen molar-refractivity contribution in [1.82, 2.24) is 10.6 Å². The molecule has 7 heteroatoms. The van der Waals surface area contributed by atoms with Crippen LogP contribution in [0.25, 0.3) is 0 Å². The zero-order valence-corrected chi connectivity index (χ0v) is 15.5. The summed E-state index contributed by atoms with van der Waals surface area (Å²) in [5, 5.41) is 13.6. The van der Waals surface area contributed by atoms with Gasteiger partial charge in [-0.25, -0.2) is 0 Å². The molecule has 0 saturated carbocycles. The van der Waals surface area contributed by atoms with Crippen LogP contribution in [0.3, 0.4) is 0 Å². The Morgan fingerprint density at radius 3 is 1.48 bits per heavy atom. The van der Waals surface area contributed by atoms with Crippen LogP contribution in [0.15, 0.2) is 60.7 Å². The van der Waals surface area contributed by atoms with Crippen LogP contribution in [0.4, 0.5) is 11.4 Å². The van der Waals surface area contributed by atoms with Crippen molar-refractivity contribution in [2.45, 2.75) is 0 Å². The quantitative estimate of drug-likeness (QED) is 0.419. The van der Waals surface area contributed by atoms with Gasteiger partial charge in [0.05, 0.1) is 13.2 Å². The Morgan fingerprint density at radius 2 is 1.08 bits per heavy atom. The molecule has 25 heavy (non-hydrogen) atoms. The minimum atomic E-state index is 0.567. The van der Waals surface area contributed by atoms with Crippen LogP contribution in [-0.2, 0) is 4.74 Å². The molecule has 2 rings (SSSR count). The van der Waals surface area contributed by atoms with E-state index in [1.54, 1.807) is 0 Å². The van der Waals surface area contributed by atoms with Crippen molar-refractivity contribution in [1.29, 1.82) is 0 Å². The minimum absolute atomic E-state index is 0.567. The summed E-state index contributed by atoms with van der Waals surface area (Å²) < 4.78 is 5.54. The molecule has 0 heterocycles. The van der Waals surface area contributed by atoms with E-state index in [1.807, 2.05) is 60.7 Å². The summed E-state index contributed by atoms with van der Waals surface area (Å²) in [6.45, 7) is 2.42. The molecule has 0 aliphatic heterocycles. The number of rotatable bonds is 8. The Bertz CT molecular complexity index is 595. The van der Waals surface area contributed by atoms with Crippen molar-refractivity contribution in [3.8, 4) is 0 Å². The highest BCUT2D eigenvalue weighted by Gasteiger charge is 1.98. The summed E-state index contributed by atoms with van der Waals surface area (Å²) >= 11 is 10.4. The van der Waals surface area contributed by atoms with Gasteiger partial charge in [0.1, 0.15) is 0 Å². The molecular formula is C18H22N4OS2. The molecule has 0 aromatic heterocycles. The molecule has 0 spiro atoms.